The minimum atomic E-state index is -0.165. The van der Waals surface area contributed by atoms with Crippen molar-refractivity contribution in [2.24, 2.45) is 23.7 Å². The van der Waals surface area contributed by atoms with Gasteiger partial charge in [0.1, 0.15) is 5.75 Å². The van der Waals surface area contributed by atoms with Gasteiger partial charge in [0.25, 0.3) is 0 Å². The second kappa shape index (κ2) is 4.97. The standard InChI is InChI=1S/C18H19NO3/c1-2-9-22-14-6-4-3-5-13(14)19-17(20)15-11-7-8-12(10-11)16(15)18(19)21/h3-8,11-12,15-16H,2,9-10H2,1H3/t11-,12-,15+,16+/m1/s1. The highest BCUT2D eigenvalue weighted by molar-refractivity contribution is 6.23. The first-order valence-electron chi connectivity index (χ1n) is 8.00. The first-order chi connectivity index (χ1) is 10.7. The Balaban J connectivity index is 1.70. The monoisotopic (exact) mass is 297 g/mol. The number of carbonyl (C=O) groups is 2. The fourth-order valence-electron chi connectivity index (χ4n) is 4.12. The van der Waals surface area contributed by atoms with Crippen LogP contribution in [-0.4, -0.2) is 18.4 Å². The molecule has 2 aliphatic carbocycles. The van der Waals surface area contributed by atoms with Crippen molar-refractivity contribution in [3.05, 3.63) is 36.4 Å². The number of carbonyl (C=O) groups excluding carboxylic acids is 2. The topological polar surface area (TPSA) is 46.6 Å². The third-order valence-electron chi connectivity index (χ3n) is 5.04. The van der Waals surface area contributed by atoms with E-state index < -0.39 is 0 Å². The van der Waals surface area contributed by atoms with E-state index in [4.69, 9.17) is 4.74 Å². The number of imide groups is 1. The Morgan fingerprint density at radius 1 is 1.09 bits per heavy atom. The zero-order chi connectivity index (χ0) is 15.3. The molecule has 2 fully saturated rings. The van der Waals surface area contributed by atoms with Gasteiger partial charge in [-0.25, -0.2) is 4.90 Å². The summed E-state index contributed by atoms with van der Waals surface area (Å²) in [6.07, 6.45) is 6.06. The lowest BCUT2D eigenvalue weighted by Gasteiger charge is -2.20. The van der Waals surface area contributed by atoms with Gasteiger partial charge in [0.2, 0.25) is 11.8 Å². The second-order valence-corrected chi connectivity index (χ2v) is 6.33. The number of nitrogens with zero attached hydrogens (tertiary/aromatic N) is 1. The molecule has 1 saturated carbocycles. The smallest absolute Gasteiger partial charge is 0.238 e. The normalized spacial score (nSPS) is 32.0. The van der Waals surface area contributed by atoms with E-state index >= 15 is 0 Å². The Bertz CT molecular complexity index is 636. The van der Waals surface area contributed by atoms with Gasteiger partial charge < -0.3 is 4.74 Å². The molecule has 1 saturated heterocycles. The van der Waals surface area contributed by atoms with Crippen LogP contribution in [0.15, 0.2) is 36.4 Å². The van der Waals surface area contributed by atoms with Gasteiger partial charge in [0.05, 0.1) is 24.1 Å². The van der Waals surface area contributed by atoms with Crippen LogP contribution in [-0.2, 0) is 9.59 Å². The van der Waals surface area contributed by atoms with Crippen molar-refractivity contribution in [2.45, 2.75) is 19.8 Å². The molecular formula is C18H19NO3. The van der Waals surface area contributed by atoms with Crippen LogP contribution in [0.25, 0.3) is 0 Å². The lowest BCUT2D eigenvalue weighted by molar-refractivity contribution is -0.123. The summed E-state index contributed by atoms with van der Waals surface area (Å²) in [7, 11) is 0. The molecule has 0 N–H and O–H groups in total. The number of rotatable bonds is 4. The van der Waals surface area contributed by atoms with Crippen LogP contribution in [0.3, 0.4) is 0 Å². The lowest BCUT2D eigenvalue weighted by atomic mass is 9.85. The zero-order valence-corrected chi connectivity index (χ0v) is 12.6. The van der Waals surface area contributed by atoms with Crippen LogP contribution >= 0.6 is 0 Å². The molecule has 4 atom stereocenters. The van der Waals surface area contributed by atoms with E-state index in [9.17, 15) is 9.59 Å². The number of anilines is 1. The molecule has 3 aliphatic rings. The van der Waals surface area contributed by atoms with E-state index in [1.807, 2.05) is 25.1 Å². The van der Waals surface area contributed by atoms with E-state index in [-0.39, 0.29) is 35.5 Å². The number of para-hydroxylation sites is 2. The maximum Gasteiger partial charge on any atom is 0.238 e. The molecule has 2 bridgehead atoms. The molecule has 4 nitrogen and oxygen atoms in total. The minimum Gasteiger partial charge on any atom is -0.491 e. The number of ether oxygens (including phenoxy) is 1. The van der Waals surface area contributed by atoms with E-state index in [0.29, 0.717) is 18.0 Å². The molecule has 4 heteroatoms. The predicted octanol–water partition coefficient (Wildman–Crippen LogP) is 2.79. The molecule has 1 heterocycles. The maximum absolute atomic E-state index is 12.8. The van der Waals surface area contributed by atoms with Gasteiger partial charge in [-0.3, -0.25) is 9.59 Å². The second-order valence-electron chi connectivity index (χ2n) is 6.33. The van der Waals surface area contributed by atoms with Gasteiger partial charge in [0, 0.05) is 0 Å². The molecule has 114 valence electrons. The molecule has 4 rings (SSSR count). The fourth-order valence-corrected chi connectivity index (χ4v) is 4.12. The summed E-state index contributed by atoms with van der Waals surface area (Å²) >= 11 is 0. The summed E-state index contributed by atoms with van der Waals surface area (Å²) in [5.74, 6) is 0.647. The number of hydrogen-bond acceptors (Lipinski definition) is 3. The third kappa shape index (κ3) is 1.76. The Morgan fingerprint density at radius 3 is 2.36 bits per heavy atom. The summed E-state index contributed by atoms with van der Waals surface area (Å²) in [5, 5.41) is 0. The Morgan fingerprint density at radius 2 is 1.73 bits per heavy atom. The van der Waals surface area contributed by atoms with E-state index in [1.54, 1.807) is 6.07 Å². The number of allylic oxidation sites excluding steroid dienone is 2. The van der Waals surface area contributed by atoms with Crippen molar-refractivity contribution in [3.63, 3.8) is 0 Å². The van der Waals surface area contributed by atoms with Crippen LogP contribution in [0, 0.1) is 23.7 Å². The van der Waals surface area contributed by atoms with Crippen molar-refractivity contribution in [1.29, 1.82) is 0 Å². The largest absolute Gasteiger partial charge is 0.491 e. The third-order valence-corrected chi connectivity index (χ3v) is 5.04. The highest BCUT2D eigenvalue weighted by Gasteiger charge is 2.59. The van der Waals surface area contributed by atoms with Gasteiger partial charge in [-0.2, -0.15) is 0 Å². The number of benzene rings is 1. The molecule has 1 aliphatic heterocycles. The van der Waals surface area contributed by atoms with Crippen LogP contribution < -0.4 is 9.64 Å². The summed E-state index contributed by atoms with van der Waals surface area (Å²) in [6.45, 7) is 2.61. The molecule has 1 aromatic rings. The van der Waals surface area contributed by atoms with Crippen LogP contribution in [0.1, 0.15) is 19.8 Å². The molecular weight excluding hydrogens is 278 g/mol. The number of amides is 2. The van der Waals surface area contributed by atoms with E-state index in [1.165, 1.54) is 4.90 Å². The highest BCUT2D eigenvalue weighted by Crippen LogP contribution is 2.53. The molecule has 2 amide bonds. The van der Waals surface area contributed by atoms with Gasteiger partial charge >= 0.3 is 0 Å². The highest BCUT2D eigenvalue weighted by atomic mass is 16.5. The molecule has 22 heavy (non-hydrogen) atoms. The van der Waals surface area contributed by atoms with Gasteiger partial charge in [-0.1, -0.05) is 31.2 Å². The Hall–Kier alpha value is -2.10. The molecule has 0 unspecified atom stereocenters. The average Bonchev–Trinajstić information content (AvgIpc) is 3.20. The molecule has 0 spiro atoms. The van der Waals surface area contributed by atoms with Crippen LogP contribution in [0.4, 0.5) is 5.69 Å². The summed E-state index contributed by atoms with van der Waals surface area (Å²) in [6, 6.07) is 7.34. The SMILES string of the molecule is CCCOc1ccccc1N1C(=O)[C@@H]2[C@@H](C1=O)[C@@H]1C=C[C@@H]2C1. The number of fused-ring (bicyclic) bond motifs is 5. The van der Waals surface area contributed by atoms with Crippen molar-refractivity contribution in [1.82, 2.24) is 0 Å². The minimum absolute atomic E-state index is 0.0561. The van der Waals surface area contributed by atoms with E-state index in [0.717, 1.165) is 12.8 Å². The summed E-state index contributed by atoms with van der Waals surface area (Å²) < 4.78 is 5.73. The van der Waals surface area contributed by atoms with Gasteiger partial charge in [-0.05, 0) is 36.8 Å². The van der Waals surface area contributed by atoms with Crippen molar-refractivity contribution in [2.75, 3.05) is 11.5 Å². The summed E-state index contributed by atoms with van der Waals surface area (Å²) in [4.78, 5) is 27.0. The maximum atomic E-state index is 12.8. The van der Waals surface area contributed by atoms with Crippen molar-refractivity contribution >= 4 is 17.5 Å². The molecule has 1 aromatic carbocycles. The quantitative estimate of drug-likeness (QED) is 0.634. The average molecular weight is 297 g/mol. The first kappa shape index (κ1) is 13.6. The lowest BCUT2D eigenvalue weighted by Crippen LogP contribution is -2.33. The predicted molar refractivity (Wildman–Crippen MR) is 82.4 cm³/mol. The fraction of sp³-hybridized carbons (Fsp3) is 0.444. The number of hydrogen-bond donors (Lipinski definition) is 0. The van der Waals surface area contributed by atoms with Crippen LogP contribution in [0.5, 0.6) is 5.75 Å². The summed E-state index contributed by atoms with van der Waals surface area (Å²) in [5.41, 5.74) is 0.597. The first-order valence-corrected chi connectivity index (χ1v) is 8.00. The molecule has 0 aromatic heterocycles. The van der Waals surface area contributed by atoms with Gasteiger partial charge in [0.15, 0.2) is 0 Å². The Kier molecular flexibility index (Phi) is 3.06. The van der Waals surface area contributed by atoms with Crippen molar-refractivity contribution in [3.8, 4) is 5.75 Å². The zero-order valence-electron chi connectivity index (χ0n) is 12.6. The van der Waals surface area contributed by atoms with Gasteiger partial charge in [-0.15, -0.1) is 0 Å². The Labute approximate surface area is 129 Å². The van der Waals surface area contributed by atoms with Crippen molar-refractivity contribution < 1.29 is 14.3 Å². The van der Waals surface area contributed by atoms with Crippen LogP contribution in [0.2, 0.25) is 0 Å². The van der Waals surface area contributed by atoms with E-state index in [2.05, 4.69) is 12.2 Å². The molecule has 0 radical (unpaired) electrons.